The number of pyridine rings is 1. The fraction of sp³-hybridized carbons (Fsp3) is 0.423. The molecule has 11 heteroatoms. The number of nitrogens with one attached hydrogen (secondary N) is 1. The molecule has 2 N–H and O–H groups in total. The zero-order valence-corrected chi connectivity index (χ0v) is 21.4. The Morgan fingerprint density at radius 3 is 2.68 bits per heavy atom. The molecule has 10 nitrogen and oxygen atoms in total. The van der Waals surface area contributed by atoms with Gasteiger partial charge in [-0.15, -0.1) is 10.2 Å². The molecule has 0 radical (unpaired) electrons. The summed E-state index contributed by atoms with van der Waals surface area (Å²) < 4.78 is 1.37. The molecule has 1 aromatic carbocycles. The molecule has 2 aromatic heterocycles. The quantitative estimate of drug-likeness (QED) is 0.475. The standard InChI is InChI=1S/C26H29ClN6O4/c1-31-14-16(6-9-21(31)35)13-20(34)29-30-24-22-19(28-25(24)36)8-7-18(23(22)27)26(37)33-12-4-5-17(33)15-32-10-2-3-11-32/h6-9,14,17,28,36H,2-5,10-13,15H2,1H3/t17-/m1/s1. The van der Waals surface area contributed by atoms with E-state index in [0.29, 0.717) is 28.6 Å². The molecule has 2 fully saturated rings. The second kappa shape index (κ2) is 10.5. The number of halogens is 1. The second-order valence-corrected chi connectivity index (χ2v) is 10.1. The van der Waals surface area contributed by atoms with Crippen molar-refractivity contribution in [2.75, 3.05) is 26.2 Å². The van der Waals surface area contributed by atoms with Crippen molar-refractivity contribution in [1.82, 2.24) is 19.4 Å². The lowest BCUT2D eigenvalue weighted by Crippen LogP contribution is -2.42. The summed E-state index contributed by atoms with van der Waals surface area (Å²) in [6.45, 7) is 3.69. The molecule has 194 valence electrons. The van der Waals surface area contributed by atoms with Gasteiger partial charge in [-0.05, 0) is 56.5 Å². The summed E-state index contributed by atoms with van der Waals surface area (Å²) in [5.41, 5.74) is 1.23. The Hall–Kier alpha value is -3.50. The maximum Gasteiger partial charge on any atom is 0.269 e. The monoisotopic (exact) mass is 524 g/mol. The van der Waals surface area contributed by atoms with Gasteiger partial charge in [-0.25, -0.2) is 0 Å². The molecule has 0 aliphatic carbocycles. The maximum absolute atomic E-state index is 13.6. The smallest absolute Gasteiger partial charge is 0.269 e. The van der Waals surface area contributed by atoms with Crippen LogP contribution < -0.4 is 5.56 Å². The van der Waals surface area contributed by atoms with E-state index in [4.69, 9.17) is 11.6 Å². The molecule has 5 rings (SSSR count). The number of aromatic nitrogens is 2. The van der Waals surface area contributed by atoms with E-state index in [-0.39, 0.29) is 40.5 Å². The zero-order valence-electron chi connectivity index (χ0n) is 20.6. The number of carbonyl (C=O) groups is 2. The van der Waals surface area contributed by atoms with Gasteiger partial charge in [0, 0.05) is 38.4 Å². The first kappa shape index (κ1) is 25.2. The predicted octanol–water partition coefficient (Wildman–Crippen LogP) is 3.78. The number of amides is 2. The molecule has 4 heterocycles. The van der Waals surface area contributed by atoms with Crippen LogP contribution in [0.25, 0.3) is 10.9 Å². The fourth-order valence-electron chi connectivity index (χ4n) is 5.26. The summed E-state index contributed by atoms with van der Waals surface area (Å²) in [5.74, 6) is -1.01. The first-order chi connectivity index (χ1) is 17.8. The number of hydrogen-bond donors (Lipinski definition) is 2. The lowest BCUT2D eigenvalue weighted by Gasteiger charge is -2.29. The minimum absolute atomic E-state index is 0.00139. The number of aryl methyl sites for hydroxylation is 1. The molecule has 0 spiro atoms. The van der Waals surface area contributed by atoms with Gasteiger partial charge in [0.15, 0.2) is 5.69 Å². The number of hydrogen-bond acceptors (Lipinski definition) is 6. The summed E-state index contributed by atoms with van der Waals surface area (Å²) in [5, 5.41) is 18.7. The number of likely N-dealkylation sites (tertiary alicyclic amines) is 2. The van der Waals surface area contributed by atoms with E-state index >= 15 is 0 Å². The van der Waals surface area contributed by atoms with Gasteiger partial charge in [-0.3, -0.25) is 14.4 Å². The number of fused-ring (bicyclic) bond motifs is 1. The van der Waals surface area contributed by atoms with Gasteiger partial charge >= 0.3 is 0 Å². The van der Waals surface area contributed by atoms with Crippen molar-refractivity contribution in [2.45, 2.75) is 38.1 Å². The molecule has 1 atom stereocenters. The molecule has 2 saturated heterocycles. The lowest BCUT2D eigenvalue weighted by molar-refractivity contribution is -0.117. The minimum Gasteiger partial charge on any atom is -0.493 e. The largest absolute Gasteiger partial charge is 0.493 e. The molecule has 0 saturated carbocycles. The van der Waals surface area contributed by atoms with E-state index in [2.05, 4.69) is 20.1 Å². The molecule has 2 aliphatic heterocycles. The Morgan fingerprint density at radius 2 is 1.92 bits per heavy atom. The average molecular weight is 525 g/mol. The van der Waals surface area contributed by atoms with Crippen LogP contribution >= 0.6 is 11.6 Å². The first-order valence-electron chi connectivity index (χ1n) is 12.5. The van der Waals surface area contributed by atoms with Gasteiger partial charge in [-0.1, -0.05) is 17.7 Å². The highest BCUT2D eigenvalue weighted by atomic mass is 35.5. The molecular formula is C26H29ClN6O4. The van der Waals surface area contributed by atoms with Gasteiger partial charge in [-0.2, -0.15) is 0 Å². The van der Waals surface area contributed by atoms with Gasteiger partial charge in [0.25, 0.3) is 11.8 Å². The number of aromatic hydroxyl groups is 1. The molecule has 2 aliphatic rings. The summed E-state index contributed by atoms with van der Waals surface area (Å²) in [4.78, 5) is 44.6. The Kier molecular flexibility index (Phi) is 7.12. The summed E-state index contributed by atoms with van der Waals surface area (Å²) in [7, 11) is 1.60. The molecule has 0 bridgehead atoms. The van der Waals surface area contributed by atoms with Gasteiger partial charge < -0.3 is 24.5 Å². The van der Waals surface area contributed by atoms with Crippen LogP contribution in [0, 0.1) is 0 Å². The third-order valence-corrected chi connectivity index (χ3v) is 7.55. The second-order valence-electron chi connectivity index (χ2n) is 9.73. The summed E-state index contributed by atoms with van der Waals surface area (Å²) in [6, 6.07) is 6.40. The number of azo groups is 1. The van der Waals surface area contributed by atoms with Gasteiger partial charge in [0.1, 0.15) is 0 Å². The Bertz CT molecular complexity index is 1440. The van der Waals surface area contributed by atoms with Crippen LogP contribution in [0.5, 0.6) is 5.88 Å². The predicted molar refractivity (Wildman–Crippen MR) is 140 cm³/mol. The number of H-pyrrole nitrogens is 1. The van der Waals surface area contributed by atoms with Crippen LogP contribution in [0.15, 0.2) is 45.5 Å². The van der Waals surface area contributed by atoms with Crippen molar-refractivity contribution in [3.05, 3.63) is 57.0 Å². The number of aromatic amines is 1. The van der Waals surface area contributed by atoms with Crippen molar-refractivity contribution in [1.29, 1.82) is 0 Å². The van der Waals surface area contributed by atoms with E-state index in [1.807, 2.05) is 4.90 Å². The number of nitrogens with zero attached hydrogens (tertiary/aromatic N) is 5. The normalized spacial score (nSPS) is 18.4. The third kappa shape index (κ3) is 5.17. The van der Waals surface area contributed by atoms with Gasteiger partial charge in [0.05, 0.1) is 27.9 Å². The van der Waals surface area contributed by atoms with Crippen LogP contribution in [0.2, 0.25) is 5.02 Å². The van der Waals surface area contributed by atoms with E-state index < -0.39 is 5.91 Å². The Labute approximate surface area is 218 Å². The van der Waals surface area contributed by atoms with E-state index in [9.17, 15) is 19.5 Å². The minimum atomic E-state index is -0.558. The van der Waals surface area contributed by atoms with E-state index in [1.54, 1.807) is 31.4 Å². The van der Waals surface area contributed by atoms with Crippen LogP contribution in [0.4, 0.5) is 5.69 Å². The third-order valence-electron chi connectivity index (χ3n) is 7.16. The highest BCUT2D eigenvalue weighted by Gasteiger charge is 2.33. The summed E-state index contributed by atoms with van der Waals surface area (Å²) in [6.07, 6.45) is 5.81. The number of carbonyl (C=O) groups excluding carboxylic acids is 2. The average Bonchev–Trinajstić information content (AvgIpc) is 3.61. The van der Waals surface area contributed by atoms with Crippen LogP contribution in [-0.2, 0) is 18.3 Å². The van der Waals surface area contributed by atoms with E-state index in [1.165, 1.54) is 23.5 Å². The van der Waals surface area contributed by atoms with Crippen LogP contribution in [0.3, 0.4) is 0 Å². The van der Waals surface area contributed by atoms with Gasteiger partial charge in [0.2, 0.25) is 11.4 Å². The first-order valence-corrected chi connectivity index (χ1v) is 12.9. The summed E-state index contributed by atoms with van der Waals surface area (Å²) >= 11 is 6.72. The Balaban J connectivity index is 1.39. The van der Waals surface area contributed by atoms with Crippen molar-refractivity contribution in [2.24, 2.45) is 17.3 Å². The molecule has 0 unspecified atom stereocenters. The van der Waals surface area contributed by atoms with Crippen molar-refractivity contribution >= 4 is 40.0 Å². The fourth-order valence-corrected chi connectivity index (χ4v) is 5.60. The lowest BCUT2D eigenvalue weighted by atomic mass is 10.1. The molecular weight excluding hydrogens is 496 g/mol. The molecule has 3 aromatic rings. The number of benzene rings is 1. The topological polar surface area (TPSA) is 123 Å². The molecule has 37 heavy (non-hydrogen) atoms. The van der Waals surface area contributed by atoms with E-state index in [0.717, 1.165) is 32.5 Å². The zero-order chi connectivity index (χ0) is 26.1. The number of rotatable bonds is 6. The SMILES string of the molecule is Cn1cc(CC(=O)N=Nc2c(O)[nH]c3ccc(C(=O)N4CCC[C@@H]4CN4CCCC4)c(Cl)c23)ccc1=O. The van der Waals surface area contributed by atoms with Crippen molar-refractivity contribution < 1.29 is 14.7 Å². The molecule has 2 amide bonds. The Morgan fingerprint density at radius 1 is 1.14 bits per heavy atom. The maximum atomic E-state index is 13.6. The highest BCUT2D eigenvalue weighted by Crippen LogP contribution is 2.41. The van der Waals surface area contributed by atoms with Crippen molar-refractivity contribution in [3.8, 4) is 5.88 Å². The highest BCUT2D eigenvalue weighted by molar-refractivity contribution is 6.39. The van der Waals surface area contributed by atoms with Crippen LogP contribution in [-0.4, -0.2) is 68.5 Å². The van der Waals surface area contributed by atoms with Crippen LogP contribution in [0.1, 0.15) is 41.6 Å². The van der Waals surface area contributed by atoms with Crippen molar-refractivity contribution in [3.63, 3.8) is 0 Å².